The van der Waals surface area contributed by atoms with E-state index in [-0.39, 0.29) is 0 Å². The van der Waals surface area contributed by atoms with Crippen molar-refractivity contribution in [1.82, 2.24) is 15.0 Å². The van der Waals surface area contributed by atoms with Gasteiger partial charge in [0.05, 0.1) is 5.52 Å². The summed E-state index contributed by atoms with van der Waals surface area (Å²) in [5, 5.41) is 1.16. The molecule has 0 radical (unpaired) electrons. The molecule has 104 valence electrons. The number of fused-ring (bicyclic) bond motifs is 1. The van der Waals surface area contributed by atoms with Crippen LogP contribution in [-0.2, 0) is 0 Å². The van der Waals surface area contributed by atoms with E-state index in [9.17, 15) is 0 Å². The quantitative estimate of drug-likeness (QED) is 0.695. The van der Waals surface area contributed by atoms with Gasteiger partial charge in [0, 0.05) is 39.3 Å². The number of para-hydroxylation sites is 1. The Morgan fingerprint density at radius 1 is 1.05 bits per heavy atom. The smallest absolute Gasteiger partial charge is 0.132 e. The second kappa shape index (κ2) is 4.88. The third-order valence-electron chi connectivity index (χ3n) is 4.01. The first-order chi connectivity index (χ1) is 10.2. The lowest BCUT2D eigenvalue weighted by Gasteiger charge is -2.04. The average molecular weight is 340 g/mol. The predicted molar refractivity (Wildman–Crippen MR) is 86.3 cm³/mol. The molecular formula is C17H14BrN3. The monoisotopic (exact) mass is 339 g/mol. The standard InChI is InChI=1S/C17H14BrN3/c1-10-7-8-19-17(20-10)13-9-12(13)15-6-5-11-3-2-4-14(18)16(11)21-15/h2-8,12-13H,9H2,1H3/t12-,13-/m0/s1. The Labute approximate surface area is 131 Å². The van der Waals surface area contributed by atoms with Gasteiger partial charge in [-0.05, 0) is 47.5 Å². The summed E-state index contributed by atoms with van der Waals surface area (Å²) in [4.78, 5) is 13.8. The van der Waals surface area contributed by atoms with Gasteiger partial charge in [-0.3, -0.25) is 4.98 Å². The Kier molecular flexibility index (Phi) is 3.00. The summed E-state index contributed by atoms with van der Waals surface area (Å²) in [6, 6.07) is 12.4. The van der Waals surface area contributed by atoms with Gasteiger partial charge in [-0.15, -0.1) is 0 Å². The average Bonchev–Trinajstić information content (AvgIpc) is 3.28. The van der Waals surface area contributed by atoms with Crippen molar-refractivity contribution < 1.29 is 0 Å². The van der Waals surface area contributed by atoms with Crippen LogP contribution in [0.2, 0.25) is 0 Å². The SMILES string of the molecule is Cc1ccnc([C@H]2C[C@@H]2c2ccc3cccc(Br)c3n2)n1. The van der Waals surface area contributed by atoms with Crippen molar-refractivity contribution in [2.45, 2.75) is 25.2 Å². The predicted octanol–water partition coefficient (Wildman–Crippen LogP) is 4.37. The Morgan fingerprint density at radius 3 is 2.81 bits per heavy atom. The molecule has 2 heterocycles. The molecule has 0 aliphatic heterocycles. The van der Waals surface area contributed by atoms with Crippen molar-refractivity contribution in [3.63, 3.8) is 0 Å². The number of halogens is 1. The molecule has 4 rings (SSSR count). The highest BCUT2D eigenvalue weighted by Crippen LogP contribution is 2.53. The molecule has 0 spiro atoms. The topological polar surface area (TPSA) is 38.7 Å². The van der Waals surface area contributed by atoms with E-state index < -0.39 is 0 Å². The fraction of sp³-hybridized carbons (Fsp3) is 0.235. The van der Waals surface area contributed by atoms with Crippen LogP contribution in [0.1, 0.15) is 35.5 Å². The molecule has 2 aromatic heterocycles. The third kappa shape index (κ3) is 2.33. The summed E-state index contributed by atoms with van der Waals surface area (Å²) in [6.07, 6.45) is 2.93. The lowest BCUT2D eigenvalue weighted by atomic mass is 10.1. The van der Waals surface area contributed by atoms with Crippen LogP contribution in [0.4, 0.5) is 0 Å². The van der Waals surface area contributed by atoms with E-state index in [1.807, 2.05) is 31.3 Å². The number of aryl methyl sites for hydroxylation is 1. The van der Waals surface area contributed by atoms with Crippen molar-refractivity contribution in [2.75, 3.05) is 0 Å². The fourth-order valence-corrected chi connectivity index (χ4v) is 3.26. The van der Waals surface area contributed by atoms with Gasteiger partial charge in [0.2, 0.25) is 0 Å². The van der Waals surface area contributed by atoms with Crippen molar-refractivity contribution in [3.05, 3.63) is 64.3 Å². The zero-order valence-electron chi connectivity index (χ0n) is 11.6. The van der Waals surface area contributed by atoms with Crippen LogP contribution in [0.15, 0.2) is 47.1 Å². The van der Waals surface area contributed by atoms with Crippen LogP contribution in [0.25, 0.3) is 10.9 Å². The van der Waals surface area contributed by atoms with Crippen molar-refractivity contribution in [3.8, 4) is 0 Å². The van der Waals surface area contributed by atoms with Gasteiger partial charge < -0.3 is 0 Å². The maximum atomic E-state index is 4.83. The van der Waals surface area contributed by atoms with Gasteiger partial charge in [0.25, 0.3) is 0 Å². The van der Waals surface area contributed by atoms with Gasteiger partial charge in [-0.25, -0.2) is 9.97 Å². The molecule has 1 aliphatic carbocycles. The second-order valence-corrected chi connectivity index (χ2v) is 6.41. The molecule has 2 atom stereocenters. The lowest BCUT2D eigenvalue weighted by molar-refractivity contribution is 0.867. The summed E-state index contributed by atoms with van der Waals surface area (Å²) >= 11 is 3.58. The highest BCUT2D eigenvalue weighted by atomic mass is 79.9. The lowest BCUT2D eigenvalue weighted by Crippen LogP contribution is -1.96. The van der Waals surface area contributed by atoms with E-state index in [1.165, 1.54) is 0 Å². The molecule has 3 aromatic rings. The molecule has 0 unspecified atom stereocenters. The van der Waals surface area contributed by atoms with Gasteiger partial charge >= 0.3 is 0 Å². The normalized spacial score (nSPS) is 20.7. The third-order valence-corrected chi connectivity index (χ3v) is 4.65. The molecule has 4 heteroatoms. The number of nitrogens with zero attached hydrogens (tertiary/aromatic N) is 3. The number of benzene rings is 1. The Morgan fingerprint density at radius 2 is 1.95 bits per heavy atom. The highest BCUT2D eigenvalue weighted by Gasteiger charge is 2.42. The van der Waals surface area contributed by atoms with Crippen LogP contribution in [-0.4, -0.2) is 15.0 Å². The summed E-state index contributed by atoms with van der Waals surface area (Å²) in [7, 11) is 0. The van der Waals surface area contributed by atoms with Crippen LogP contribution in [0.3, 0.4) is 0 Å². The zero-order chi connectivity index (χ0) is 14.4. The number of rotatable bonds is 2. The first kappa shape index (κ1) is 12.9. The Bertz CT molecular complexity index is 831. The van der Waals surface area contributed by atoms with Gasteiger partial charge in [-0.1, -0.05) is 18.2 Å². The van der Waals surface area contributed by atoms with E-state index >= 15 is 0 Å². The molecule has 21 heavy (non-hydrogen) atoms. The van der Waals surface area contributed by atoms with Crippen LogP contribution < -0.4 is 0 Å². The first-order valence-corrected chi connectivity index (χ1v) is 7.86. The van der Waals surface area contributed by atoms with E-state index in [0.717, 1.165) is 39.0 Å². The van der Waals surface area contributed by atoms with Crippen molar-refractivity contribution in [1.29, 1.82) is 0 Å². The van der Waals surface area contributed by atoms with Gasteiger partial charge in [-0.2, -0.15) is 0 Å². The van der Waals surface area contributed by atoms with E-state index in [1.54, 1.807) is 0 Å². The summed E-state index contributed by atoms with van der Waals surface area (Å²) in [5.41, 5.74) is 3.20. The maximum Gasteiger partial charge on any atom is 0.132 e. The molecule has 3 nitrogen and oxygen atoms in total. The van der Waals surface area contributed by atoms with Gasteiger partial charge in [0.1, 0.15) is 5.82 Å². The second-order valence-electron chi connectivity index (χ2n) is 5.55. The molecule has 1 saturated carbocycles. The summed E-state index contributed by atoms with van der Waals surface area (Å²) in [6.45, 7) is 2.01. The molecule has 0 amide bonds. The van der Waals surface area contributed by atoms with Crippen molar-refractivity contribution in [2.24, 2.45) is 0 Å². The molecule has 1 fully saturated rings. The van der Waals surface area contributed by atoms with Gasteiger partial charge in [0.15, 0.2) is 0 Å². The molecule has 0 bridgehead atoms. The summed E-state index contributed by atoms with van der Waals surface area (Å²) in [5.74, 6) is 1.81. The molecule has 1 aliphatic rings. The summed E-state index contributed by atoms with van der Waals surface area (Å²) < 4.78 is 1.05. The van der Waals surface area contributed by atoms with Crippen LogP contribution in [0.5, 0.6) is 0 Å². The number of aromatic nitrogens is 3. The highest BCUT2D eigenvalue weighted by molar-refractivity contribution is 9.10. The van der Waals surface area contributed by atoms with E-state index in [2.05, 4.69) is 44.1 Å². The minimum atomic E-state index is 0.414. The minimum Gasteiger partial charge on any atom is -0.251 e. The van der Waals surface area contributed by atoms with Crippen LogP contribution >= 0.6 is 15.9 Å². The molecule has 0 N–H and O–H groups in total. The molecule has 0 saturated heterocycles. The number of pyridine rings is 1. The zero-order valence-corrected chi connectivity index (χ0v) is 13.2. The Balaban J connectivity index is 1.68. The van der Waals surface area contributed by atoms with E-state index in [0.29, 0.717) is 11.8 Å². The fourth-order valence-electron chi connectivity index (χ4n) is 2.79. The molecule has 1 aromatic carbocycles. The number of hydrogen-bond acceptors (Lipinski definition) is 3. The number of hydrogen-bond donors (Lipinski definition) is 0. The first-order valence-electron chi connectivity index (χ1n) is 7.07. The van der Waals surface area contributed by atoms with E-state index in [4.69, 9.17) is 4.98 Å². The van der Waals surface area contributed by atoms with Crippen LogP contribution in [0, 0.1) is 6.92 Å². The minimum absolute atomic E-state index is 0.414. The van der Waals surface area contributed by atoms with Crippen molar-refractivity contribution >= 4 is 26.8 Å². The molecular weight excluding hydrogens is 326 g/mol. The maximum absolute atomic E-state index is 4.83. The largest absolute Gasteiger partial charge is 0.251 e. The Hall–Kier alpha value is -1.81.